The zero-order valence-electron chi connectivity index (χ0n) is 35.2. The fraction of sp³-hybridized carbons (Fsp3) is 0.488. The van der Waals surface area contributed by atoms with Gasteiger partial charge in [-0.15, -0.1) is 0 Å². The second-order valence-corrected chi connectivity index (χ2v) is 16.3. The van der Waals surface area contributed by atoms with Crippen LogP contribution in [0.4, 0.5) is 21.6 Å². The Bertz CT molecular complexity index is 2220. The standard InChI is InChI=1S/C43H48ClFN8O5/c1-46-36-9-8-32(22-34(36)44)58-31-6-4-30(5-7-31)49(2)42(56)28-3-11-39(47-24-28)52-15-13-27(14-16-52)25-50-17-19-51(20-18-50)38-21-29-26-53(43(57)33(29)23-35(38)45)37-10-12-40(54)48-41(37)55/h3,8-9,11,21-24,27,30-31,37H,4-7,10,12-20,25-26H2,2H3,(H,48,54,55)/i2D3. The third-order valence-corrected chi connectivity index (χ3v) is 12.6. The number of hydrogen-bond donors (Lipinski definition) is 1. The van der Waals surface area contributed by atoms with Crippen LogP contribution in [0.3, 0.4) is 0 Å². The van der Waals surface area contributed by atoms with Crippen LogP contribution < -0.4 is 19.9 Å². The molecule has 4 aliphatic heterocycles. The van der Waals surface area contributed by atoms with Gasteiger partial charge in [0.05, 0.1) is 28.9 Å². The van der Waals surface area contributed by atoms with Crippen molar-refractivity contribution in [2.45, 2.75) is 76.1 Å². The number of carbonyl (C=O) groups excluding carboxylic acids is 4. The predicted octanol–water partition coefficient (Wildman–Crippen LogP) is 5.69. The zero-order chi connectivity index (χ0) is 43.0. The van der Waals surface area contributed by atoms with Crippen molar-refractivity contribution in [1.29, 1.82) is 0 Å². The minimum Gasteiger partial charge on any atom is -0.490 e. The number of imide groups is 1. The number of hydrogen-bond acceptors (Lipinski definition) is 9. The maximum absolute atomic E-state index is 15.4. The summed E-state index contributed by atoms with van der Waals surface area (Å²) >= 11 is 6.17. The Morgan fingerprint density at radius 3 is 2.45 bits per heavy atom. The Balaban J connectivity index is 0.795. The van der Waals surface area contributed by atoms with Crippen LogP contribution in [0.1, 0.15) is 81.8 Å². The summed E-state index contributed by atoms with van der Waals surface area (Å²) in [6.45, 7) is 10.1. The molecular formula is C43H48ClFN8O5. The van der Waals surface area contributed by atoms with Crippen LogP contribution in [0.5, 0.6) is 5.75 Å². The van der Waals surface area contributed by atoms with Crippen LogP contribution >= 0.6 is 11.6 Å². The molecular weight excluding hydrogens is 763 g/mol. The first kappa shape index (κ1) is 35.9. The first-order valence-corrected chi connectivity index (χ1v) is 20.5. The lowest BCUT2D eigenvalue weighted by molar-refractivity contribution is -0.136. The zero-order valence-corrected chi connectivity index (χ0v) is 32.9. The number of fused-ring (bicyclic) bond motifs is 1. The van der Waals surface area contributed by atoms with E-state index in [1.54, 1.807) is 36.4 Å². The molecule has 1 aliphatic carbocycles. The molecule has 58 heavy (non-hydrogen) atoms. The van der Waals surface area contributed by atoms with Gasteiger partial charge in [0, 0.05) is 87.7 Å². The van der Waals surface area contributed by atoms with E-state index in [4.69, 9.17) is 27.0 Å². The van der Waals surface area contributed by atoms with Gasteiger partial charge in [0.1, 0.15) is 23.4 Å². The number of piperidine rings is 2. The quantitative estimate of drug-likeness (QED) is 0.215. The van der Waals surface area contributed by atoms with Gasteiger partial charge in [-0.3, -0.25) is 29.4 Å². The smallest absolute Gasteiger partial charge is 0.255 e. The van der Waals surface area contributed by atoms with Crippen LogP contribution in [0.25, 0.3) is 4.85 Å². The highest BCUT2D eigenvalue weighted by molar-refractivity contribution is 6.33. The molecule has 5 heterocycles. The third kappa shape index (κ3) is 8.33. The fourth-order valence-corrected chi connectivity index (χ4v) is 9.18. The van der Waals surface area contributed by atoms with E-state index in [0.29, 0.717) is 72.4 Å². The average molecular weight is 814 g/mol. The van der Waals surface area contributed by atoms with Crippen molar-refractivity contribution in [2.24, 2.45) is 5.92 Å². The molecule has 1 aromatic heterocycles. The van der Waals surface area contributed by atoms with Gasteiger partial charge >= 0.3 is 0 Å². The summed E-state index contributed by atoms with van der Waals surface area (Å²) in [6.07, 6.45) is 5.68. The highest BCUT2D eigenvalue weighted by atomic mass is 35.5. The molecule has 304 valence electrons. The summed E-state index contributed by atoms with van der Waals surface area (Å²) in [7, 11) is 0. The fourth-order valence-electron chi connectivity index (χ4n) is 8.97. The molecule has 3 saturated heterocycles. The van der Waals surface area contributed by atoms with E-state index in [-0.39, 0.29) is 42.5 Å². The van der Waals surface area contributed by atoms with Crippen molar-refractivity contribution in [1.82, 2.24) is 25.0 Å². The highest BCUT2D eigenvalue weighted by Gasteiger charge is 2.40. The Hall–Kier alpha value is -5.26. The van der Waals surface area contributed by atoms with Crippen molar-refractivity contribution < 1.29 is 32.4 Å². The predicted molar refractivity (Wildman–Crippen MR) is 217 cm³/mol. The maximum atomic E-state index is 15.4. The topological polar surface area (TPSA) is 123 Å². The van der Waals surface area contributed by atoms with Crippen molar-refractivity contribution in [3.8, 4) is 5.75 Å². The lowest BCUT2D eigenvalue weighted by atomic mass is 9.91. The first-order chi connectivity index (χ1) is 29.2. The number of ether oxygens (including phenoxy) is 1. The molecule has 3 aromatic rings. The number of halogens is 2. The number of piperazine rings is 1. The van der Waals surface area contributed by atoms with Gasteiger partial charge in [0.2, 0.25) is 17.5 Å². The summed E-state index contributed by atoms with van der Waals surface area (Å²) in [4.78, 5) is 68.0. The number of benzene rings is 2. The molecule has 8 rings (SSSR count). The maximum Gasteiger partial charge on any atom is 0.255 e. The van der Waals surface area contributed by atoms with Crippen molar-refractivity contribution in [3.05, 3.63) is 87.6 Å². The van der Waals surface area contributed by atoms with E-state index in [1.807, 2.05) is 4.90 Å². The average Bonchev–Trinajstić information content (AvgIpc) is 3.55. The van der Waals surface area contributed by atoms with Crippen LogP contribution in [0.15, 0.2) is 48.7 Å². The molecule has 4 amide bonds. The van der Waals surface area contributed by atoms with E-state index >= 15 is 4.39 Å². The molecule has 5 aliphatic rings. The van der Waals surface area contributed by atoms with Crippen molar-refractivity contribution in [2.75, 3.05) is 62.6 Å². The third-order valence-electron chi connectivity index (χ3n) is 12.3. The van der Waals surface area contributed by atoms with Gasteiger partial charge in [-0.2, -0.15) is 0 Å². The molecule has 0 radical (unpaired) electrons. The second kappa shape index (κ2) is 16.9. The minimum atomic E-state index is -2.63. The van der Waals surface area contributed by atoms with Crippen LogP contribution in [0.2, 0.25) is 5.02 Å². The van der Waals surface area contributed by atoms with Crippen LogP contribution in [0, 0.1) is 18.3 Å². The van der Waals surface area contributed by atoms with Crippen molar-refractivity contribution >= 4 is 52.4 Å². The number of anilines is 2. The second-order valence-electron chi connectivity index (χ2n) is 15.9. The molecule has 1 unspecified atom stereocenters. The number of carbonyl (C=O) groups is 4. The summed E-state index contributed by atoms with van der Waals surface area (Å²) < 4.78 is 46.2. The SMILES string of the molecule is [2H]C([2H])([2H])N(C(=O)c1ccc(N2CCC(CN3CCN(c4cc5c(cc4F)C(=O)N(C4CCC(=O)NC4=O)C5)CC3)CC2)nc1)C1CCC(Oc2ccc([N+]#[C-])c(Cl)c2)CC1. The molecule has 2 aromatic carbocycles. The number of rotatable bonds is 9. The number of nitrogens with one attached hydrogen (secondary N) is 1. The summed E-state index contributed by atoms with van der Waals surface area (Å²) in [5.74, 6) is -0.510. The number of nitrogens with zero attached hydrogens (tertiary/aromatic N) is 7. The number of amides is 4. The Kier molecular flexibility index (Phi) is 10.5. The van der Waals surface area contributed by atoms with E-state index in [0.717, 1.165) is 56.3 Å². The van der Waals surface area contributed by atoms with Gasteiger partial charge < -0.3 is 24.3 Å². The lowest BCUT2D eigenvalue weighted by Gasteiger charge is -2.40. The normalized spacial score (nSPS) is 24.0. The van der Waals surface area contributed by atoms with E-state index in [9.17, 15) is 19.2 Å². The van der Waals surface area contributed by atoms with Gasteiger partial charge in [0.25, 0.3) is 11.8 Å². The molecule has 1 N–H and O–H groups in total. The van der Waals surface area contributed by atoms with E-state index < -0.39 is 42.6 Å². The minimum absolute atomic E-state index is 0.160. The first-order valence-electron chi connectivity index (χ1n) is 21.6. The number of aromatic nitrogens is 1. The van der Waals surface area contributed by atoms with Gasteiger partial charge in [-0.1, -0.05) is 17.7 Å². The van der Waals surface area contributed by atoms with Gasteiger partial charge in [-0.05, 0) is 92.8 Å². The Morgan fingerprint density at radius 2 is 1.78 bits per heavy atom. The van der Waals surface area contributed by atoms with Gasteiger partial charge in [-0.25, -0.2) is 14.2 Å². The molecule has 0 bridgehead atoms. The Labute approximate surface area is 347 Å². The molecule has 1 saturated carbocycles. The van der Waals surface area contributed by atoms with Crippen LogP contribution in [-0.4, -0.2) is 114 Å². The molecule has 13 nitrogen and oxygen atoms in total. The Morgan fingerprint density at radius 1 is 1.00 bits per heavy atom. The van der Waals surface area contributed by atoms with Gasteiger partial charge in [0.15, 0.2) is 0 Å². The summed E-state index contributed by atoms with van der Waals surface area (Å²) in [6, 6.07) is 10.2. The highest BCUT2D eigenvalue weighted by Crippen LogP contribution is 2.35. The molecule has 15 heteroatoms. The molecule has 1 atom stereocenters. The largest absolute Gasteiger partial charge is 0.490 e. The summed E-state index contributed by atoms with van der Waals surface area (Å²) in [5, 5.41) is 2.61. The monoisotopic (exact) mass is 813 g/mol. The van der Waals surface area contributed by atoms with Crippen LogP contribution in [-0.2, 0) is 16.1 Å². The van der Waals surface area contributed by atoms with Crippen molar-refractivity contribution in [3.63, 3.8) is 0 Å². The lowest BCUT2D eigenvalue weighted by Crippen LogP contribution is -2.52. The molecule has 4 fully saturated rings. The van der Waals surface area contributed by atoms with E-state index in [1.165, 1.54) is 17.2 Å². The molecule has 0 spiro atoms. The van der Waals surface area contributed by atoms with E-state index in [2.05, 4.69) is 24.9 Å². The summed E-state index contributed by atoms with van der Waals surface area (Å²) in [5.41, 5.74) is 1.97. The number of pyridine rings is 1.